The van der Waals surface area contributed by atoms with Crippen LogP contribution < -0.4 is 9.64 Å². The van der Waals surface area contributed by atoms with Crippen molar-refractivity contribution in [2.45, 2.75) is 25.7 Å². The van der Waals surface area contributed by atoms with Gasteiger partial charge in [-0.15, -0.1) is 0 Å². The van der Waals surface area contributed by atoms with Crippen LogP contribution in [0.3, 0.4) is 0 Å². The summed E-state index contributed by atoms with van der Waals surface area (Å²) in [6.07, 6.45) is 6.00. The highest BCUT2D eigenvalue weighted by atomic mass is 16.5. The van der Waals surface area contributed by atoms with Gasteiger partial charge in [0.25, 0.3) is 0 Å². The molecule has 1 fully saturated rings. The largest absolute Gasteiger partial charge is 0.427 e. The van der Waals surface area contributed by atoms with Crippen LogP contribution in [-0.2, 0) is 16.0 Å². The first-order chi connectivity index (χ1) is 13.7. The third kappa shape index (κ3) is 4.11. The maximum Gasteiger partial charge on any atom is 0.311 e. The number of esters is 1. The molecule has 0 atom stereocenters. The third-order valence-corrected chi connectivity index (χ3v) is 4.73. The normalized spacial score (nSPS) is 13.7. The van der Waals surface area contributed by atoms with Gasteiger partial charge in [-0.3, -0.25) is 9.59 Å². The number of hydrogen-bond acceptors (Lipinski definition) is 4. The van der Waals surface area contributed by atoms with Crippen molar-refractivity contribution in [1.82, 2.24) is 9.78 Å². The van der Waals surface area contributed by atoms with Crippen molar-refractivity contribution >= 4 is 17.6 Å². The molecule has 1 aliphatic heterocycles. The minimum atomic E-state index is -0.294. The van der Waals surface area contributed by atoms with Crippen molar-refractivity contribution in [3.63, 3.8) is 0 Å². The molecule has 0 saturated carbocycles. The number of anilines is 1. The van der Waals surface area contributed by atoms with E-state index < -0.39 is 0 Å². The Bertz CT molecular complexity index is 964. The van der Waals surface area contributed by atoms with Gasteiger partial charge in [0.1, 0.15) is 5.75 Å². The summed E-state index contributed by atoms with van der Waals surface area (Å²) >= 11 is 0. The number of para-hydroxylation sites is 1. The predicted molar refractivity (Wildman–Crippen MR) is 106 cm³/mol. The van der Waals surface area contributed by atoms with E-state index in [-0.39, 0.29) is 18.3 Å². The van der Waals surface area contributed by atoms with E-state index in [1.54, 1.807) is 27.9 Å². The van der Waals surface area contributed by atoms with Crippen LogP contribution in [0.15, 0.2) is 67.0 Å². The number of aryl methyl sites for hydroxylation is 1. The lowest BCUT2D eigenvalue weighted by molar-refractivity contribution is -0.134. The monoisotopic (exact) mass is 375 g/mol. The fraction of sp³-hybridized carbons (Fsp3) is 0.227. The Morgan fingerprint density at radius 2 is 1.82 bits per heavy atom. The fourth-order valence-corrected chi connectivity index (χ4v) is 3.26. The molecule has 2 heterocycles. The highest BCUT2D eigenvalue weighted by Gasteiger charge is 2.21. The van der Waals surface area contributed by atoms with E-state index in [9.17, 15) is 9.59 Å². The molecule has 0 spiro atoms. The number of aromatic nitrogens is 2. The van der Waals surface area contributed by atoms with Crippen LogP contribution in [0.5, 0.6) is 5.75 Å². The summed E-state index contributed by atoms with van der Waals surface area (Å²) in [5, 5.41) is 4.33. The molecule has 1 amide bonds. The van der Waals surface area contributed by atoms with E-state index in [1.807, 2.05) is 48.7 Å². The van der Waals surface area contributed by atoms with Crippen LogP contribution in [0.2, 0.25) is 0 Å². The van der Waals surface area contributed by atoms with Gasteiger partial charge in [-0.2, -0.15) is 5.10 Å². The van der Waals surface area contributed by atoms with Crippen LogP contribution >= 0.6 is 0 Å². The minimum absolute atomic E-state index is 0.140. The maximum atomic E-state index is 12.1. The van der Waals surface area contributed by atoms with E-state index in [0.29, 0.717) is 18.6 Å². The summed E-state index contributed by atoms with van der Waals surface area (Å²) in [5.41, 5.74) is 2.80. The van der Waals surface area contributed by atoms with E-state index in [0.717, 1.165) is 29.9 Å². The molecule has 0 unspecified atom stereocenters. The molecule has 0 radical (unpaired) electrons. The number of amides is 1. The van der Waals surface area contributed by atoms with E-state index in [4.69, 9.17) is 4.74 Å². The molecule has 2 aromatic carbocycles. The second-order valence-electron chi connectivity index (χ2n) is 6.75. The molecule has 0 bridgehead atoms. The summed E-state index contributed by atoms with van der Waals surface area (Å²) in [5.74, 6) is 0.332. The van der Waals surface area contributed by atoms with Gasteiger partial charge >= 0.3 is 5.97 Å². The van der Waals surface area contributed by atoms with Gasteiger partial charge < -0.3 is 9.64 Å². The predicted octanol–water partition coefficient (Wildman–Crippen LogP) is 3.54. The number of nitrogens with zero attached hydrogens (tertiary/aromatic N) is 3. The van der Waals surface area contributed by atoms with Crippen LogP contribution in [-0.4, -0.2) is 28.2 Å². The van der Waals surface area contributed by atoms with Gasteiger partial charge in [-0.05, 0) is 54.8 Å². The van der Waals surface area contributed by atoms with E-state index in [2.05, 4.69) is 5.10 Å². The highest BCUT2D eigenvalue weighted by Crippen LogP contribution is 2.24. The Balaban J connectivity index is 1.30. The summed E-state index contributed by atoms with van der Waals surface area (Å²) in [6, 6.07) is 16.9. The topological polar surface area (TPSA) is 64.4 Å². The van der Waals surface area contributed by atoms with Crippen LogP contribution in [0, 0.1) is 0 Å². The zero-order valence-corrected chi connectivity index (χ0v) is 15.5. The van der Waals surface area contributed by atoms with Crippen LogP contribution in [0.1, 0.15) is 24.8 Å². The fourth-order valence-electron chi connectivity index (χ4n) is 3.26. The van der Waals surface area contributed by atoms with Crippen molar-refractivity contribution in [3.8, 4) is 11.4 Å². The molecule has 142 valence electrons. The second kappa shape index (κ2) is 8.08. The summed E-state index contributed by atoms with van der Waals surface area (Å²) in [4.78, 5) is 25.7. The van der Waals surface area contributed by atoms with Crippen LogP contribution in [0.4, 0.5) is 5.69 Å². The Morgan fingerprint density at radius 1 is 1.04 bits per heavy atom. The molecule has 1 saturated heterocycles. The smallest absolute Gasteiger partial charge is 0.311 e. The number of carbonyl (C=O) groups is 2. The molecular weight excluding hydrogens is 354 g/mol. The number of hydrogen-bond donors (Lipinski definition) is 0. The maximum absolute atomic E-state index is 12.1. The molecule has 0 aliphatic carbocycles. The summed E-state index contributed by atoms with van der Waals surface area (Å²) in [7, 11) is 0. The van der Waals surface area contributed by atoms with Crippen molar-refractivity contribution in [1.29, 1.82) is 0 Å². The molecule has 6 heteroatoms. The molecule has 28 heavy (non-hydrogen) atoms. The van der Waals surface area contributed by atoms with Gasteiger partial charge in [0.05, 0.1) is 18.3 Å². The third-order valence-electron chi connectivity index (χ3n) is 4.73. The van der Waals surface area contributed by atoms with Gasteiger partial charge in [0.15, 0.2) is 0 Å². The summed E-state index contributed by atoms with van der Waals surface area (Å²) < 4.78 is 7.19. The van der Waals surface area contributed by atoms with Gasteiger partial charge in [0.2, 0.25) is 5.91 Å². The first-order valence-corrected chi connectivity index (χ1v) is 9.39. The van der Waals surface area contributed by atoms with Crippen molar-refractivity contribution < 1.29 is 14.3 Å². The first-order valence-electron chi connectivity index (χ1n) is 9.39. The number of carbonyl (C=O) groups excluding carboxylic acids is 2. The molecule has 1 aromatic heterocycles. The van der Waals surface area contributed by atoms with Gasteiger partial charge in [-0.25, -0.2) is 4.68 Å². The Morgan fingerprint density at radius 3 is 2.54 bits per heavy atom. The van der Waals surface area contributed by atoms with Crippen molar-refractivity contribution in [2.75, 3.05) is 11.4 Å². The van der Waals surface area contributed by atoms with E-state index >= 15 is 0 Å². The Kier molecular flexibility index (Phi) is 5.19. The van der Waals surface area contributed by atoms with Crippen molar-refractivity contribution in [3.05, 3.63) is 72.6 Å². The second-order valence-corrected chi connectivity index (χ2v) is 6.75. The Hall–Kier alpha value is -3.41. The zero-order chi connectivity index (χ0) is 19.3. The lowest BCUT2D eigenvalue weighted by Crippen LogP contribution is -2.23. The highest BCUT2D eigenvalue weighted by molar-refractivity contribution is 5.95. The number of rotatable bonds is 6. The average Bonchev–Trinajstić information content (AvgIpc) is 3.37. The number of ether oxygens (including phenoxy) is 1. The van der Waals surface area contributed by atoms with E-state index in [1.165, 1.54) is 0 Å². The first kappa shape index (κ1) is 18.0. The van der Waals surface area contributed by atoms with Gasteiger partial charge in [0, 0.05) is 24.8 Å². The number of benzene rings is 2. The molecule has 0 N–H and O–H groups in total. The molecule has 1 aliphatic rings. The molecule has 3 aromatic rings. The minimum Gasteiger partial charge on any atom is -0.427 e. The lowest BCUT2D eigenvalue weighted by Gasteiger charge is -2.15. The van der Waals surface area contributed by atoms with Crippen LogP contribution in [0.25, 0.3) is 5.69 Å². The summed E-state index contributed by atoms with van der Waals surface area (Å²) in [6.45, 7) is 0.745. The van der Waals surface area contributed by atoms with Crippen molar-refractivity contribution in [2.24, 2.45) is 0 Å². The quantitative estimate of drug-likeness (QED) is 0.488. The van der Waals surface area contributed by atoms with Gasteiger partial charge in [-0.1, -0.05) is 18.2 Å². The lowest BCUT2D eigenvalue weighted by atomic mass is 10.2. The Labute approximate surface area is 163 Å². The SMILES string of the molecule is O=C(CCc1cnn(-c2ccccc2)c1)Oc1ccc(N2CCCC2=O)cc1. The molecule has 4 rings (SSSR count). The molecule has 6 nitrogen and oxygen atoms in total. The average molecular weight is 375 g/mol. The zero-order valence-electron chi connectivity index (χ0n) is 15.5. The standard InChI is InChI=1S/C22H21N3O3/c26-21-7-4-14-24(21)18-9-11-20(12-10-18)28-22(27)13-8-17-15-23-25(16-17)19-5-2-1-3-6-19/h1-3,5-6,9-12,15-16H,4,7-8,13-14H2. The molecular formula is C22H21N3O3.